The lowest BCUT2D eigenvalue weighted by Gasteiger charge is -2.04. The number of amides is 1. The second kappa shape index (κ2) is 5.31. The molecule has 0 spiro atoms. The van der Waals surface area contributed by atoms with E-state index in [4.69, 9.17) is 0 Å². The highest BCUT2D eigenvalue weighted by Gasteiger charge is 2.15. The van der Waals surface area contributed by atoms with E-state index in [-0.39, 0.29) is 0 Å². The maximum absolute atomic E-state index is 11.6. The fourth-order valence-electron chi connectivity index (χ4n) is 1.56. The zero-order chi connectivity index (χ0) is 13.0. The molecule has 2 rings (SSSR count). The van der Waals surface area contributed by atoms with E-state index in [0.717, 1.165) is 11.1 Å². The summed E-state index contributed by atoms with van der Waals surface area (Å²) in [5.74, 6) is -1.15. The number of Topliss-reactive ketones (excluding diaryl/α,β-unsaturated/α-hetero) is 1. The molecule has 4 heteroatoms. The lowest BCUT2D eigenvalue weighted by Crippen LogP contribution is -2.30. The molecule has 0 aliphatic carbocycles. The standard InChI is InChI=1S/C14H14N2O2/c1-10-4-6-11(7-5-10)9-16-14(18)13(17)12-3-2-8-15-12/h2-8,15H,9H2,1H3,(H,16,18). The normalized spacial score (nSPS) is 10.1. The van der Waals surface area contributed by atoms with Crippen LogP contribution in [-0.4, -0.2) is 16.7 Å². The Morgan fingerprint density at radius 3 is 2.50 bits per heavy atom. The monoisotopic (exact) mass is 242 g/mol. The van der Waals surface area contributed by atoms with E-state index in [1.165, 1.54) is 0 Å². The Hall–Kier alpha value is -2.36. The van der Waals surface area contributed by atoms with Gasteiger partial charge in [-0.05, 0) is 24.6 Å². The first kappa shape index (κ1) is 12.1. The van der Waals surface area contributed by atoms with Gasteiger partial charge in [0.15, 0.2) is 0 Å². The van der Waals surface area contributed by atoms with Crippen LogP contribution in [0, 0.1) is 6.92 Å². The van der Waals surface area contributed by atoms with E-state index in [0.29, 0.717) is 12.2 Å². The lowest BCUT2D eigenvalue weighted by molar-refractivity contribution is -0.117. The minimum atomic E-state index is -0.599. The first-order valence-corrected chi connectivity index (χ1v) is 5.68. The van der Waals surface area contributed by atoms with E-state index < -0.39 is 11.7 Å². The molecule has 0 atom stereocenters. The van der Waals surface area contributed by atoms with E-state index in [1.54, 1.807) is 18.3 Å². The summed E-state index contributed by atoms with van der Waals surface area (Å²) in [7, 11) is 0. The van der Waals surface area contributed by atoms with Gasteiger partial charge in [0.2, 0.25) is 0 Å². The molecule has 0 aliphatic rings. The van der Waals surface area contributed by atoms with Crippen LogP contribution in [0.25, 0.3) is 0 Å². The number of ketones is 1. The Labute approximate surface area is 105 Å². The molecule has 0 saturated carbocycles. The molecule has 1 aromatic heterocycles. The summed E-state index contributed by atoms with van der Waals surface area (Å²) in [5, 5.41) is 2.60. The number of hydrogen-bond donors (Lipinski definition) is 2. The van der Waals surface area contributed by atoms with Crippen LogP contribution in [0.1, 0.15) is 21.6 Å². The lowest BCUT2D eigenvalue weighted by atomic mass is 10.1. The van der Waals surface area contributed by atoms with Gasteiger partial charge in [0.25, 0.3) is 11.7 Å². The number of aryl methyl sites for hydroxylation is 1. The van der Waals surface area contributed by atoms with Crippen molar-refractivity contribution in [3.8, 4) is 0 Å². The predicted molar refractivity (Wildman–Crippen MR) is 68.1 cm³/mol. The molecule has 1 aromatic carbocycles. The molecule has 1 amide bonds. The fraction of sp³-hybridized carbons (Fsp3) is 0.143. The summed E-state index contributed by atoms with van der Waals surface area (Å²) >= 11 is 0. The van der Waals surface area contributed by atoms with Gasteiger partial charge in [0.1, 0.15) is 0 Å². The molecule has 0 fully saturated rings. The summed E-state index contributed by atoms with van der Waals surface area (Å²) in [5.41, 5.74) is 2.43. The molecular weight excluding hydrogens is 228 g/mol. The van der Waals surface area contributed by atoms with Crippen molar-refractivity contribution in [2.24, 2.45) is 0 Å². The highest BCUT2D eigenvalue weighted by molar-refractivity contribution is 6.42. The molecular formula is C14H14N2O2. The van der Waals surface area contributed by atoms with Gasteiger partial charge >= 0.3 is 0 Å². The molecule has 1 heterocycles. The highest BCUT2D eigenvalue weighted by Crippen LogP contribution is 2.03. The van der Waals surface area contributed by atoms with Gasteiger partial charge in [0, 0.05) is 12.7 Å². The van der Waals surface area contributed by atoms with E-state index >= 15 is 0 Å². The van der Waals surface area contributed by atoms with Crippen molar-refractivity contribution in [1.29, 1.82) is 0 Å². The van der Waals surface area contributed by atoms with Gasteiger partial charge in [-0.3, -0.25) is 9.59 Å². The van der Waals surface area contributed by atoms with E-state index in [9.17, 15) is 9.59 Å². The molecule has 0 radical (unpaired) electrons. The van der Waals surface area contributed by atoms with Gasteiger partial charge in [-0.25, -0.2) is 0 Å². The van der Waals surface area contributed by atoms with Crippen molar-refractivity contribution in [2.45, 2.75) is 13.5 Å². The SMILES string of the molecule is Cc1ccc(CNC(=O)C(=O)c2ccc[nH]2)cc1. The third-order valence-corrected chi connectivity index (χ3v) is 2.62. The van der Waals surface area contributed by atoms with Crippen molar-refractivity contribution >= 4 is 11.7 Å². The number of hydrogen-bond acceptors (Lipinski definition) is 2. The summed E-state index contributed by atoms with van der Waals surface area (Å²) in [6.45, 7) is 2.35. The summed E-state index contributed by atoms with van der Waals surface area (Å²) in [6, 6.07) is 11.0. The van der Waals surface area contributed by atoms with Crippen LogP contribution in [0.4, 0.5) is 0 Å². The van der Waals surface area contributed by atoms with Gasteiger partial charge in [0.05, 0.1) is 5.69 Å². The minimum absolute atomic E-state index is 0.302. The smallest absolute Gasteiger partial charge is 0.294 e. The van der Waals surface area contributed by atoms with E-state index in [2.05, 4.69) is 10.3 Å². The number of rotatable bonds is 4. The largest absolute Gasteiger partial charge is 0.358 e. The van der Waals surface area contributed by atoms with Gasteiger partial charge < -0.3 is 10.3 Å². The van der Waals surface area contributed by atoms with Crippen LogP contribution < -0.4 is 5.32 Å². The van der Waals surface area contributed by atoms with Gasteiger partial charge in [-0.2, -0.15) is 0 Å². The molecule has 0 bridgehead atoms. The van der Waals surface area contributed by atoms with Crippen LogP contribution in [0.2, 0.25) is 0 Å². The van der Waals surface area contributed by atoms with Crippen LogP contribution in [-0.2, 0) is 11.3 Å². The van der Waals surface area contributed by atoms with Crippen LogP contribution in [0.15, 0.2) is 42.6 Å². The van der Waals surface area contributed by atoms with Gasteiger partial charge in [-0.1, -0.05) is 29.8 Å². The number of carbonyl (C=O) groups excluding carboxylic acids is 2. The highest BCUT2D eigenvalue weighted by atomic mass is 16.2. The molecule has 18 heavy (non-hydrogen) atoms. The first-order valence-electron chi connectivity index (χ1n) is 5.68. The zero-order valence-corrected chi connectivity index (χ0v) is 10.1. The van der Waals surface area contributed by atoms with Crippen molar-refractivity contribution in [3.05, 3.63) is 59.4 Å². The molecule has 2 N–H and O–H groups in total. The number of aromatic amines is 1. The van der Waals surface area contributed by atoms with Crippen LogP contribution in [0.5, 0.6) is 0 Å². The number of benzene rings is 1. The Bertz CT molecular complexity index is 542. The maximum Gasteiger partial charge on any atom is 0.294 e. The molecule has 92 valence electrons. The first-order chi connectivity index (χ1) is 8.66. The second-order valence-corrected chi connectivity index (χ2v) is 4.08. The Morgan fingerprint density at radius 2 is 1.89 bits per heavy atom. The van der Waals surface area contributed by atoms with E-state index in [1.807, 2.05) is 31.2 Å². The van der Waals surface area contributed by atoms with Crippen LogP contribution in [0.3, 0.4) is 0 Å². The zero-order valence-electron chi connectivity index (χ0n) is 10.1. The third-order valence-electron chi connectivity index (χ3n) is 2.62. The molecule has 2 aromatic rings. The average Bonchev–Trinajstić information content (AvgIpc) is 2.90. The quantitative estimate of drug-likeness (QED) is 0.634. The molecule has 0 aliphatic heterocycles. The Balaban J connectivity index is 1.92. The number of carbonyl (C=O) groups is 2. The van der Waals surface area contributed by atoms with Crippen molar-refractivity contribution in [1.82, 2.24) is 10.3 Å². The van der Waals surface area contributed by atoms with Crippen LogP contribution >= 0.6 is 0 Å². The maximum atomic E-state index is 11.6. The van der Waals surface area contributed by atoms with Crippen molar-refractivity contribution in [2.75, 3.05) is 0 Å². The fourth-order valence-corrected chi connectivity index (χ4v) is 1.56. The molecule has 4 nitrogen and oxygen atoms in total. The Kier molecular flexibility index (Phi) is 3.57. The average molecular weight is 242 g/mol. The Morgan fingerprint density at radius 1 is 1.17 bits per heavy atom. The predicted octanol–water partition coefficient (Wildman–Crippen LogP) is 1.82. The summed E-state index contributed by atoms with van der Waals surface area (Å²) in [6.07, 6.45) is 1.61. The molecule has 0 unspecified atom stereocenters. The number of aromatic nitrogens is 1. The minimum Gasteiger partial charge on any atom is -0.358 e. The number of H-pyrrole nitrogens is 1. The summed E-state index contributed by atoms with van der Waals surface area (Å²) in [4.78, 5) is 26.0. The van der Waals surface area contributed by atoms with Crippen molar-refractivity contribution < 1.29 is 9.59 Å². The topological polar surface area (TPSA) is 62.0 Å². The van der Waals surface area contributed by atoms with Gasteiger partial charge in [-0.15, -0.1) is 0 Å². The molecule has 0 saturated heterocycles. The number of nitrogens with one attached hydrogen (secondary N) is 2. The third kappa shape index (κ3) is 2.85. The summed E-state index contributed by atoms with van der Waals surface area (Å²) < 4.78 is 0. The second-order valence-electron chi connectivity index (χ2n) is 4.08. The van der Waals surface area contributed by atoms with Crippen molar-refractivity contribution in [3.63, 3.8) is 0 Å².